The SMILES string of the molecule is CCOc1ccc(-n2ncc(C(=O)O)c2C=C(C)C)cc1. The Morgan fingerprint density at radius 3 is 2.52 bits per heavy atom. The first-order chi connectivity index (χ1) is 10.0. The number of benzene rings is 1. The van der Waals surface area contributed by atoms with E-state index in [0.29, 0.717) is 12.3 Å². The van der Waals surface area contributed by atoms with Gasteiger partial charge < -0.3 is 9.84 Å². The highest BCUT2D eigenvalue weighted by Gasteiger charge is 2.15. The lowest BCUT2D eigenvalue weighted by atomic mass is 10.2. The Hall–Kier alpha value is -2.56. The van der Waals surface area contributed by atoms with Crippen molar-refractivity contribution in [3.05, 3.63) is 47.3 Å². The summed E-state index contributed by atoms with van der Waals surface area (Å²) in [6.07, 6.45) is 3.18. The molecule has 0 radical (unpaired) electrons. The van der Waals surface area contributed by atoms with Gasteiger partial charge in [-0.15, -0.1) is 0 Å². The summed E-state index contributed by atoms with van der Waals surface area (Å²) in [6, 6.07) is 7.39. The second kappa shape index (κ2) is 6.26. The van der Waals surface area contributed by atoms with Gasteiger partial charge in [0.2, 0.25) is 0 Å². The van der Waals surface area contributed by atoms with E-state index in [4.69, 9.17) is 4.74 Å². The molecule has 1 N–H and O–H groups in total. The Balaban J connectivity index is 2.48. The predicted molar refractivity (Wildman–Crippen MR) is 81.0 cm³/mol. The summed E-state index contributed by atoms with van der Waals surface area (Å²) >= 11 is 0. The molecule has 1 heterocycles. The van der Waals surface area contributed by atoms with Crippen molar-refractivity contribution in [2.24, 2.45) is 0 Å². The number of hydrogen-bond donors (Lipinski definition) is 1. The monoisotopic (exact) mass is 286 g/mol. The summed E-state index contributed by atoms with van der Waals surface area (Å²) in [7, 11) is 0. The van der Waals surface area contributed by atoms with E-state index in [0.717, 1.165) is 17.0 Å². The topological polar surface area (TPSA) is 64.4 Å². The fourth-order valence-electron chi connectivity index (χ4n) is 1.99. The summed E-state index contributed by atoms with van der Waals surface area (Å²) in [5.74, 6) is -0.213. The normalized spacial score (nSPS) is 10.2. The summed E-state index contributed by atoms with van der Waals surface area (Å²) < 4.78 is 7.02. The first-order valence-electron chi connectivity index (χ1n) is 6.72. The van der Waals surface area contributed by atoms with Gasteiger partial charge in [-0.3, -0.25) is 0 Å². The third-order valence-corrected chi connectivity index (χ3v) is 2.85. The zero-order valence-corrected chi connectivity index (χ0v) is 12.3. The van der Waals surface area contributed by atoms with Crippen LogP contribution in [0.5, 0.6) is 5.75 Å². The first kappa shape index (κ1) is 14.8. The maximum atomic E-state index is 11.3. The summed E-state index contributed by atoms with van der Waals surface area (Å²) in [6.45, 7) is 6.36. The second-order valence-electron chi connectivity index (χ2n) is 4.81. The average Bonchev–Trinajstić information content (AvgIpc) is 2.83. The van der Waals surface area contributed by atoms with Gasteiger partial charge in [0.1, 0.15) is 11.3 Å². The molecule has 0 saturated carbocycles. The average molecular weight is 286 g/mol. The molecule has 0 spiro atoms. The van der Waals surface area contributed by atoms with Crippen LogP contribution >= 0.6 is 0 Å². The maximum absolute atomic E-state index is 11.3. The van der Waals surface area contributed by atoms with Crippen molar-refractivity contribution >= 4 is 12.0 Å². The molecule has 5 heteroatoms. The molecule has 0 amide bonds. The highest BCUT2D eigenvalue weighted by atomic mass is 16.5. The molecule has 0 saturated heterocycles. The Morgan fingerprint density at radius 2 is 2.00 bits per heavy atom. The van der Waals surface area contributed by atoms with Gasteiger partial charge in [0.05, 0.1) is 24.2 Å². The van der Waals surface area contributed by atoms with Crippen LogP contribution in [0.15, 0.2) is 36.0 Å². The molecular weight excluding hydrogens is 268 g/mol. The lowest BCUT2D eigenvalue weighted by molar-refractivity contribution is 0.0696. The highest BCUT2D eigenvalue weighted by molar-refractivity contribution is 5.91. The van der Waals surface area contributed by atoms with Gasteiger partial charge in [-0.05, 0) is 51.1 Å². The Morgan fingerprint density at radius 1 is 1.33 bits per heavy atom. The van der Waals surface area contributed by atoms with E-state index in [1.807, 2.05) is 51.1 Å². The van der Waals surface area contributed by atoms with Crippen LogP contribution in [0.4, 0.5) is 0 Å². The van der Waals surface area contributed by atoms with E-state index in [1.54, 1.807) is 4.68 Å². The number of ether oxygens (including phenoxy) is 1. The van der Waals surface area contributed by atoms with E-state index in [-0.39, 0.29) is 5.56 Å². The van der Waals surface area contributed by atoms with E-state index in [9.17, 15) is 9.90 Å². The van der Waals surface area contributed by atoms with E-state index < -0.39 is 5.97 Å². The molecule has 0 aliphatic rings. The van der Waals surface area contributed by atoms with Crippen LogP contribution in [-0.2, 0) is 0 Å². The molecule has 5 nitrogen and oxygen atoms in total. The van der Waals surface area contributed by atoms with Gasteiger partial charge in [0, 0.05) is 0 Å². The van der Waals surface area contributed by atoms with Crippen LogP contribution < -0.4 is 4.74 Å². The molecule has 0 bridgehead atoms. The zero-order valence-electron chi connectivity index (χ0n) is 12.3. The minimum absolute atomic E-state index is 0.185. The van der Waals surface area contributed by atoms with Crippen molar-refractivity contribution < 1.29 is 14.6 Å². The smallest absolute Gasteiger partial charge is 0.339 e. The van der Waals surface area contributed by atoms with E-state index in [2.05, 4.69) is 5.10 Å². The molecular formula is C16H18N2O3. The van der Waals surface area contributed by atoms with Crippen molar-refractivity contribution in [2.75, 3.05) is 6.61 Å². The standard InChI is InChI=1S/C16H18N2O3/c1-4-21-13-7-5-12(6-8-13)18-15(9-11(2)3)14(10-17-18)16(19)20/h5-10H,4H2,1-3H3,(H,19,20). The minimum Gasteiger partial charge on any atom is -0.494 e. The third kappa shape index (κ3) is 3.31. The largest absolute Gasteiger partial charge is 0.494 e. The Labute approximate surface area is 123 Å². The molecule has 21 heavy (non-hydrogen) atoms. The summed E-state index contributed by atoms with van der Waals surface area (Å²) in [5.41, 5.74) is 2.54. The fourth-order valence-corrected chi connectivity index (χ4v) is 1.99. The Bertz CT molecular complexity index is 665. The fraction of sp³-hybridized carbons (Fsp3) is 0.250. The predicted octanol–water partition coefficient (Wildman–Crippen LogP) is 3.39. The minimum atomic E-state index is -0.986. The molecule has 0 aliphatic heterocycles. The quantitative estimate of drug-likeness (QED) is 0.915. The lowest BCUT2D eigenvalue weighted by Crippen LogP contribution is -2.03. The van der Waals surface area contributed by atoms with Gasteiger partial charge in [-0.1, -0.05) is 5.57 Å². The van der Waals surface area contributed by atoms with Crippen LogP contribution in [0.25, 0.3) is 11.8 Å². The second-order valence-corrected chi connectivity index (χ2v) is 4.81. The molecule has 0 atom stereocenters. The number of carboxylic acid groups (broad SMARTS) is 1. The van der Waals surface area contributed by atoms with Gasteiger partial charge in [0.15, 0.2) is 0 Å². The third-order valence-electron chi connectivity index (χ3n) is 2.85. The van der Waals surface area contributed by atoms with Crippen molar-refractivity contribution in [1.29, 1.82) is 0 Å². The van der Waals surface area contributed by atoms with Crippen LogP contribution in [-0.4, -0.2) is 27.5 Å². The molecule has 0 aliphatic carbocycles. The van der Waals surface area contributed by atoms with Gasteiger partial charge in [-0.2, -0.15) is 5.10 Å². The van der Waals surface area contributed by atoms with Gasteiger partial charge in [0.25, 0.3) is 0 Å². The molecule has 2 aromatic rings. The number of nitrogens with zero attached hydrogens (tertiary/aromatic N) is 2. The number of carboxylic acids is 1. The molecule has 1 aromatic heterocycles. The summed E-state index contributed by atoms with van der Waals surface area (Å²) in [5, 5.41) is 13.4. The molecule has 0 fully saturated rings. The van der Waals surface area contributed by atoms with Crippen LogP contribution in [0, 0.1) is 0 Å². The Kier molecular flexibility index (Phi) is 4.42. The summed E-state index contributed by atoms with van der Waals surface area (Å²) in [4.78, 5) is 11.3. The van der Waals surface area contributed by atoms with Crippen molar-refractivity contribution in [3.63, 3.8) is 0 Å². The number of carbonyl (C=O) groups is 1. The van der Waals surface area contributed by atoms with Crippen molar-refractivity contribution in [3.8, 4) is 11.4 Å². The van der Waals surface area contributed by atoms with Crippen LogP contribution in [0.2, 0.25) is 0 Å². The first-order valence-corrected chi connectivity index (χ1v) is 6.72. The molecule has 110 valence electrons. The van der Waals surface area contributed by atoms with Gasteiger partial charge in [-0.25, -0.2) is 9.48 Å². The molecule has 0 unspecified atom stereocenters. The van der Waals surface area contributed by atoms with E-state index >= 15 is 0 Å². The van der Waals surface area contributed by atoms with Crippen molar-refractivity contribution in [2.45, 2.75) is 20.8 Å². The number of allylic oxidation sites excluding steroid dienone is 1. The number of hydrogen-bond acceptors (Lipinski definition) is 3. The van der Waals surface area contributed by atoms with Gasteiger partial charge >= 0.3 is 5.97 Å². The van der Waals surface area contributed by atoms with Crippen LogP contribution in [0.3, 0.4) is 0 Å². The lowest BCUT2D eigenvalue weighted by Gasteiger charge is -2.08. The molecule has 1 aromatic carbocycles. The maximum Gasteiger partial charge on any atom is 0.339 e. The zero-order chi connectivity index (χ0) is 15.4. The van der Waals surface area contributed by atoms with E-state index in [1.165, 1.54) is 6.20 Å². The highest BCUT2D eigenvalue weighted by Crippen LogP contribution is 2.20. The number of aromatic carboxylic acids is 1. The van der Waals surface area contributed by atoms with Crippen LogP contribution in [0.1, 0.15) is 36.8 Å². The van der Waals surface area contributed by atoms with Crippen molar-refractivity contribution in [1.82, 2.24) is 9.78 Å². The molecule has 2 rings (SSSR count). The number of rotatable bonds is 5. The number of aromatic nitrogens is 2.